The van der Waals surface area contributed by atoms with Gasteiger partial charge in [-0.25, -0.2) is 4.70 Å². The van der Waals surface area contributed by atoms with Gasteiger partial charge in [-0.1, -0.05) is 103 Å². The van der Waals surface area contributed by atoms with Crippen molar-refractivity contribution < 1.29 is 21.2 Å². The van der Waals surface area contributed by atoms with E-state index in [9.17, 15) is 5.53 Å². The van der Waals surface area contributed by atoms with Crippen LogP contribution in [-0.2, 0) is 29.3 Å². The molecule has 1 aliphatic rings. The van der Waals surface area contributed by atoms with Crippen LogP contribution in [0.25, 0.3) is 16.9 Å². The van der Waals surface area contributed by atoms with Crippen molar-refractivity contribution in [2.45, 2.75) is 130 Å². The van der Waals surface area contributed by atoms with Crippen molar-refractivity contribution in [3.05, 3.63) is 87.5 Å². The minimum absolute atomic E-state index is 0. The molecule has 0 spiro atoms. The standard InChI is InChI=1S/C36H52N2.Ni/c1-5-9-13-15-19-29-21-17-23-31(27-29)35-33(25-11-7-3)34(26-12-8-4)36(38(35)37)32-24-18-22-30(28-32)20-16-14-10-6-2;/h17-18,21-24,27-28H,5-16,19-20,25-26H2,1-4H3;. The van der Waals surface area contributed by atoms with Gasteiger partial charge in [0.15, 0.2) is 0 Å². The van der Waals surface area contributed by atoms with E-state index < -0.39 is 0 Å². The van der Waals surface area contributed by atoms with Crippen molar-refractivity contribution in [3.8, 4) is 0 Å². The van der Waals surface area contributed by atoms with E-state index in [-0.39, 0.29) is 16.5 Å². The fraction of sp³-hybridized carbons (Fsp3) is 0.556. The molecule has 0 N–H and O–H groups in total. The van der Waals surface area contributed by atoms with Crippen LogP contribution in [0.5, 0.6) is 0 Å². The average molecular weight is 572 g/mol. The summed E-state index contributed by atoms with van der Waals surface area (Å²) < 4.78 is 1.56. The molecule has 1 aliphatic heterocycles. The van der Waals surface area contributed by atoms with Crippen LogP contribution in [0, 0.1) is 0 Å². The molecule has 0 radical (unpaired) electrons. The molecule has 39 heavy (non-hydrogen) atoms. The van der Waals surface area contributed by atoms with E-state index in [2.05, 4.69) is 76.2 Å². The number of hydrogen-bond donors (Lipinski definition) is 0. The largest absolute Gasteiger partial charge is 0.493 e. The first-order chi connectivity index (χ1) is 18.6. The van der Waals surface area contributed by atoms with Crippen LogP contribution in [0.4, 0.5) is 0 Å². The zero-order valence-corrected chi connectivity index (χ0v) is 26.1. The second-order valence-corrected chi connectivity index (χ2v) is 11.2. The summed E-state index contributed by atoms with van der Waals surface area (Å²) >= 11 is 0. The molecule has 0 atom stereocenters. The van der Waals surface area contributed by atoms with E-state index in [1.807, 2.05) is 0 Å². The van der Waals surface area contributed by atoms with Gasteiger partial charge in [-0.3, -0.25) is 0 Å². The molecule has 0 aliphatic carbocycles. The van der Waals surface area contributed by atoms with Gasteiger partial charge in [0.1, 0.15) is 0 Å². The summed E-state index contributed by atoms with van der Waals surface area (Å²) in [6, 6.07) is 17.9. The molecular formula is C36H52N2Ni. The molecule has 0 saturated heterocycles. The summed E-state index contributed by atoms with van der Waals surface area (Å²) in [5.41, 5.74) is 21.7. The SMILES string of the molecule is CCCCCCc1cccc(C2=C(CCCC)C(CCCC)=C(c3cccc(CCCCCC)c3)[N+]2=[N-])c1.[Ni]. The van der Waals surface area contributed by atoms with Gasteiger partial charge in [-0.15, -0.1) is 0 Å². The molecule has 0 saturated carbocycles. The fourth-order valence-electron chi connectivity index (χ4n) is 5.75. The van der Waals surface area contributed by atoms with Gasteiger partial charge in [0.2, 0.25) is 11.4 Å². The Hall–Kier alpha value is -1.99. The van der Waals surface area contributed by atoms with Gasteiger partial charge >= 0.3 is 0 Å². The summed E-state index contributed by atoms with van der Waals surface area (Å²) in [4.78, 5) is 0. The maximum atomic E-state index is 11.9. The molecule has 0 amide bonds. The van der Waals surface area contributed by atoms with Crippen molar-refractivity contribution in [1.82, 2.24) is 0 Å². The van der Waals surface area contributed by atoms with Crippen LogP contribution in [0.1, 0.15) is 140 Å². The Morgan fingerprint density at radius 2 is 0.923 bits per heavy atom. The van der Waals surface area contributed by atoms with Gasteiger partial charge < -0.3 is 5.53 Å². The van der Waals surface area contributed by atoms with Crippen LogP contribution in [0.15, 0.2) is 59.7 Å². The van der Waals surface area contributed by atoms with E-state index in [1.165, 1.54) is 73.6 Å². The van der Waals surface area contributed by atoms with E-state index in [0.29, 0.717) is 0 Å². The number of aryl methyl sites for hydroxylation is 2. The molecule has 1 heterocycles. The Bertz CT molecular complexity index is 1010. The van der Waals surface area contributed by atoms with Crippen LogP contribution in [-0.4, -0.2) is 4.70 Å². The van der Waals surface area contributed by atoms with E-state index in [4.69, 9.17) is 0 Å². The number of hydrogen-bond acceptors (Lipinski definition) is 0. The van der Waals surface area contributed by atoms with Crippen molar-refractivity contribution in [2.24, 2.45) is 0 Å². The summed E-state index contributed by atoms with van der Waals surface area (Å²) in [7, 11) is 0. The minimum Gasteiger partial charge on any atom is -0.493 e. The van der Waals surface area contributed by atoms with Gasteiger partial charge in [0.05, 0.1) is 0 Å². The maximum Gasteiger partial charge on any atom is 0.211 e. The number of benzene rings is 2. The van der Waals surface area contributed by atoms with Gasteiger partial charge in [0, 0.05) is 38.8 Å². The van der Waals surface area contributed by atoms with Crippen LogP contribution < -0.4 is 0 Å². The third kappa shape index (κ3) is 9.56. The monoisotopic (exact) mass is 570 g/mol. The van der Waals surface area contributed by atoms with Crippen LogP contribution in [0.3, 0.4) is 0 Å². The van der Waals surface area contributed by atoms with Gasteiger partial charge in [-0.2, -0.15) is 0 Å². The molecule has 3 heteroatoms. The van der Waals surface area contributed by atoms with Gasteiger partial charge in [0.25, 0.3) is 0 Å². The zero-order chi connectivity index (χ0) is 27.2. The third-order valence-electron chi connectivity index (χ3n) is 7.96. The summed E-state index contributed by atoms with van der Waals surface area (Å²) in [5.74, 6) is 0. The quantitative estimate of drug-likeness (QED) is 0.0966. The van der Waals surface area contributed by atoms with Crippen LogP contribution >= 0.6 is 0 Å². The first kappa shape index (κ1) is 33.2. The van der Waals surface area contributed by atoms with Crippen molar-refractivity contribution in [2.75, 3.05) is 0 Å². The molecule has 0 bridgehead atoms. The first-order valence-corrected chi connectivity index (χ1v) is 15.8. The Morgan fingerprint density at radius 1 is 0.513 bits per heavy atom. The van der Waals surface area contributed by atoms with Crippen molar-refractivity contribution in [1.29, 1.82) is 0 Å². The summed E-state index contributed by atoms with van der Waals surface area (Å²) in [6.07, 6.45) is 19.1. The summed E-state index contributed by atoms with van der Waals surface area (Å²) in [5, 5.41) is 0. The number of unbranched alkanes of at least 4 members (excludes halogenated alkanes) is 8. The predicted octanol–water partition coefficient (Wildman–Crippen LogP) is 11.5. The van der Waals surface area contributed by atoms with Gasteiger partial charge in [-0.05, 0) is 86.8 Å². The second-order valence-electron chi connectivity index (χ2n) is 11.2. The van der Waals surface area contributed by atoms with Crippen molar-refractivity contribution in [3.63, 3.8) is 0 Å². The molecule has 2 aromatic rings. The average Bonchev–Trinajstić information content (AvgIpc) is 3.22. The predicted molar refractivity (Wildman–Crippen MR) is 165 cm³/mol. The molecule has 3 rings (SSSR count). The molecule has 0 fully saturated rings. The number of allylic oxidation sites excluding steroid dienone is 2. The molecular weight excluding hydrogens is 519 g/mol. The molecule has 0 aromatic heterocycles. The van der Waals surface area contributed by atoms with Crippen LogP contribution in [0.2, 0.25) is 0 Å². The van der Waals surface area contributed by atoms with E-state index >= 15 is 0 Å². The molecule has 2 aromatic carbocycles. The van der Waals surface area contributed by atoms with E-state index in [0.717, 1.165) is 73.9 Å². The van der Waals surface area contributed by atoms with Crippen molar-refractivity contribution >= 4 is 11.4 Å². The Balaban J connectivity index is 0.00000533. The molecule has 2 nitrogen and oxygen atoms in total. The smallest absolute Gasteiger partial charge is 0.211 e. The maximum absolute atomic E-state index is 11.9. The second kappa shape index (κ2) is 18.4. The Morgan fingerprint density at radius 3 is 1.31 bits per heavy atom. The summed E-state index contributed by atoms with van der Waals surface area (Å²) in [6.45, 7) is 9.07. The molecule has 216 valence electrons. The third-order valence-corrected chi connectivity index (χ3v) is 7.96. The Kier molecular flexibility index (Phi) is 15.7. The number of rotatable bonds is 18. The minimum atomic E-state index is 0. The Labute approximate surface area is 249 Å². The topological polar surface area (TPSA) is 25.3 Å². The van der Waals surface area contributed by atoms with E-state index in [1.54, 1.807) is 4.70 Å². The normalized spacial score (nSPS) is 13.4. The fourth-order valence-corrected chi connectivity index (χ4v) is 5.75. The zero-order valence-electron chi connectivity index (χ0n) is 25.1. The first-order valence-electron chi connectivity index (χ1n) is 15.8. The molecule has 0 unspecified atom stereocenters. The number of nitrogens with zero attached hydrogens (tertiary/aromatic N) is 2.